The summed E-state index contributed by atoms with van der Waals surface area (Å²) in [5, 5.41) is 11.0. The van der Waals surface area contributed by atoms with Crippen LogP contribution in [-0.2, 0) is 11.3 Å². The molecule has 0 aliphatic carbocycles. The predicted molar refractivity (Wildman–Crippen MR) is 113 cm³/mol. The number of nitro benzene ring substituents is 1. The van der Waals surface area contributed by atoms with E-state index in [4.69, 9.17) is 9.47 Å². The Morgan fingerprint density at radius 3 is 2.48 bits per heavy atom. The van der Waals surface area contributed by atoms with E-state index in [0.29, 0.717) is 25.4 Å². The lowest BCUT2D eigenvalue weighted by molar-refractivity contribution is -0.385. The Morgan fingerprint density at radius 2 is 1.84 bits per heavy atom. The molecular weight excluding hydrogens is 405 g/mol. The van der Waals surface area contributed by atoms with Gasteiger partial charge in [-0.1, -0.05) is 12.1 Å². The Morgan fingerprint density at radius 1 is 1.13 bits per heavy atom. The van der Waals surface area contributed by atoms with Crippen LogP contribution < -0.4 is 9.47 Å². The highest BCUT2D eigenvalue weighted by atomic mass is 19.1. The quantitative estimate of drug-likeness (QED) is 0.494. The van der Waals surface area contributed by atoms with Crippen molar-refractivity contribution in [3.05, 3.63) is 64.0 Å². The van der Waals surface area contributed by atoms with E-state index in [9.17, 15) is 19.3 Å². The van der Waals surface area contributed by atoms with Gasteiger partial charge in [0.2, 0.25) is 0 Å². The average Bonchev–Trinajstić information content (AvgIpc) is 2.75. The number of non-ortho nitro benzene ring substituents is 1. The van der Waals surface area contributed by atoms with Gasteiger partial charge < -0.3 is 14.4 Å². The molecule has 0 bridgehead atoms. The first-order chi connectivity index (χ1) is 14.8. The molecule has 3 rings (SSSR count). The number of benzene rings is 2. The molecule has 2 atom stereocenters. The van der Waals surface area contributed by atoms with E-state index in [1.807, 2.05) is 13.8 Å². The summed E-state index contributed by atoms with van der Waals surface area (Å²) in [7, 11) is 1.43. The number of nitrogens with zero attached hydrogens (tertiary/aromatic N) is 3. The van der Waals surface area contributed by atoms with Crippen LogP contribution in [0.3, 0.4) is 0 Å². The molecule has 0 spiro atoms. The molecule has 0 radical (unpaired) electrons. The van der Waals surface area contributed by atoms with Crippen molar-refractivity contribution < 1.29 is 23.6 Å². The SMILES string of the molecule is COc1ccc([N+](=O)[O-])cc1OCC(=O)N1CC(C)N(Cc2ccc(F)cc2)CC1C. The Hall–Kier alpha value is -3.20. The number of amides is 1. The zero-order valence-corrected chi connectivity index (χ0v) is 17.8. The second-order valence-electron chi connectivity index (χ2n) is 7.68. The van der Waals surface area contributed by atoms with Crippen LogP contribution in [0.2, 0.25) is 0 Å². The van der Waals surface area contributed by atoms with Gasteiger partial charge in [0.05, 0.1) is 18.1 Å². The van der Waals surface area contributed by atoms with Crippen molar-refractivity contribution in [3.63, 3.8) is 0 Å². The van der Waals surface area contributed by atoms with E-state index in [1.165, 1.54) is 37.4 Å². The molecule has 9 heteroatoms. The lowest BCUT2D eigenvalue weighted by Gasteiger charge is -2.44. The van der Waals surface area contributed by atoms with Gasteiger partial charge in [0.15, 0.2) is 18.1 Å². The van der Waals surface area contributed by atoms with Crippen LogP contribution in [0.15, 0.2) is 42.5 Å². The molecule has 1 amide bonds. The summed E-state index contributed by atoms with van der Waals surface area (Å²) in [6.45, 7) is 5.64. The Bertz CT molecular complexity index is 937. The third kappa shape index (κ3) is 5.49. The molecule has 1 heterocycles. The summed E-state index contributed by atoms with van der Waals surface area (Å²) in [6, 6.07) is 10.5. The van der Waals surface area contributed by atoms with Crippen LogP contribution in [0.1, 0.15) is 19.4 Å². The fourth-order valence-corrected chi connectivity index (χ4v) is 3.70. The number of ether oxygens (including phenoxy) is 2. The van der Waals surface area contributed by atoms with Crippen molar-refractivity contribution in [2.45, 2.75) is 32.5 Å². The fourth-order valence-electron chi connectivity index (χ4n) is 3.70. The standard InChI is InChI=1S/C22H26FN3O5/c1-15-12-25(16(2)11-24(15)13-17-4-6-18(23)7-5-17)22(27)14-31-21-10-19(26(28)29)8-9-20(21)30-3/h4-10,15-16H,11-14H2,1-3H3. The van der Waals surface area contributed by atoms with Crippen LogP contribution in [0, 0.1) is 15.9 Å². The van der Waals surface area contributed by atoms with Crippen molar-refractivity contribution in [3.8, 4) is 11.5 Å². The number of halogens is 1. The second-order valence-corrected chi connectivity index (χ2v) is 7.68. The average molecular weight is 431 g/mol. The smallest absolute Gasteiger partial charge is 0.273 e. The Kier molecular flexibility index (Phi) is 7.06. The molecule has 1 fully saturated rings. The summed E-state index contributed by atoms with van der Waals surface area (Å²) < 4.78 is 23.9. The number of nitro groups is 1. The molecule has 0 N–H and O–H groups in total. The van der Waals surface area contributed by atoms with E-state index >= 15 is 0 Å². The maximum atomic E-state index is 13.1. The molecule has 2 aromatic rings. The van der Waals surface area contributed by atoms with Gasteiger partial charge in [-0.3, -0.25) is 19.8 Å². The van der Waals surface area contributed by atoms with Crippen molar-refractivity contribution in [1.82, 2.24) is 9.80 Å². The van der Waals surface area contributed by atoms with Gasteiger partial charge in [0.1, 0.15) is 5.82 Å². The van der Waals surface area contributed by atoms with E-state index < -0.39 is 4.92 Å². The summed E-state index contributed by atoms with van der Waals surface area (Å²) in [6.07, 6.45) is 0. The summed E-state index contributed by atoms with van der Waals surface area (Å²) in [4.78, 5) is 27.3. The molecule has 166 valence electrons. The fraction of sp³-hybridized carbons (Fsp3) is 0.409. The first-order valence-electron chi connectivity index (χ1n) is 10.0. The number of methoxy groups -OCH3 is 1. The molecule has 2 aromatic carbocycles. The minimum atomic E-state index is -0.530. The molecule has 1 aliphatic rings. The van der Waals surface area contributed by atoms with Gasteiger partial charge in [-0.05, 0) is 37.6 Å². The third-order valence-corrected chi connectivity index (χ3v) is 5.44. The van der Waals surface area contributed by atoms with Crippen molar-refractivity contribution in [1.29, 1.82) is 0 Å². The largest absolute Gasteiger partial charge is 0.493 e. The Balaban J connectivity index is 1.61. The van der Waals surface area contributed by atoms with Crippen LogP contribution in [-0.4, -0.2) is 59.5 Å². The number of piperazine rings is 1. The molecule has 31 heavy (non-hydrogen) atoms. The third-order valence-electron chi connectivity index (χ3n) is 5.44. The Labute approximate surface area is 180 Å². The second kappa shape index (κ2) is 9.74. The molecule has 1 aliphatic heterocycles. The monoisotopic (exact) mass is 431 g/mol. The van der Waals surface area contributed by atoms with Crippen LogP contribution in [0.5, 0.6) is 11.5 Å². The maximum absolute atomic E-state index is 13.1. The molecule has 0 aromatic heterocycles. The number of hydrogen-bond acceptors (Lipinski definition) is 6. The topological polar surface area (TPSA) is 85.2 Å². The van der Waals surface area contributed by atoms with Gasteiger partial charge in [-0.25, -0.2) is 4.39 Å². The molecule has 0 saturated carbocycles. The van der Waals surface area contributed by atoms with Gasteiger partial charge in [0.25, 0.3) is 11.6 Å². The van der Waals surface area contributed by atoms with E-state index in [-0.39, 0.29) is 41.9 Å². The molecule has 1 saturated heterocycles. The van der Waals surface area contributed by atoms with E-state index in [0.717, 1.165) is 5.56 Å². The lowest BCUT2D eigenvalue weighted by atomic mass is 10.1. The van der Waals surface area contributed by atoms with Crippen LogP contribution in [0.25, 0.3) is 0 Å². The lowest BCUT2D eigenvalue weighted by Crippen LogP contribution is -2.58. The molecular formula is C22H26FN3O5. The highest BCUT2D eigenvalue weighted by Crippen LogP contribution is 2.31. The van der Waals surface area contributed by atoms with Crippen LogP contribution >= 0.6 is 0 Å². The van der Waals surface area contributed by atoms with Crippen molar-refractivity contribution in [2.75, 3.05) is 26.8 Å². The zero-order valence-electron chi connectivity index (χ0n) is 17.8. The molecule has 8 nitrogen and oxygen atoms in total. The van der Waals surface area contributed by atoms with Gasteiger partial charge in [0, 0.05) is 37.8 Å². The van der Waals surface area contributed by atoms with Crippen molar-refractivity contribution >= 4 is 11.6 Å². The highest BCUT2D eigenvalue weighted by Gasteiger charge is 2.32. The normalized spacial score (nSPS) is 19.2. The summed E-state index contributed by atoms with van der Waals surface area (Å²) in [5.41, 5.74) is 0.876. The number of carbonyl (C=O) groups is 1. The number of rotatable bonds is 7. The van der Waals surface area contributed by atoms with Gasteiger partial charge in [-0.2, -0.15) is 0 Å². The van der Waals surface area contributed by atoms with Crippen LogP contribution in [0.4, 0.5) is 10.1 Å². The minimum absolute atomic E-state index is 0.0419. The number of carbonyl (C=O) groups excluding carboxylic acids is 1. The zero-order chi connectivity index (χ0) is 22.5. The van der Waals surface area contributed by atoms with E-state index in [2.05, 4.69) is 4.90 Å². The first-order valence-corrected chi connectivity index (χ1v) is 10.0. The van der Waals surface area contributed by atoms with Crippen molar-refractivity contribution in [2.24, 2.45) is 0 Å². The summed E-state index contributed by atoms with van der Waals surface area (Å²) >= 11 is 0. The first kappa shape index (κ1) is 22.5. The van der Waals surface area contributed by atoms with Gasteiger partial charge in [-0.15, -0.1) is 0 Å². The van der Waals surface area contributed by atoms with Gasteiger partial charge >= 0.3 is 0 Å². The van der Waals surface area contributed by atoms with E-state index in [1.54, 1.807) is 17.0 Å². The number of hydrogen-bond donors (Lipinski definition) is 0. The minimum Gasteiger partial charge on any atom is -0.493 e. The summed E-state index contributed by atoms with van der Waals surface area (Å²) in [5.74, 6) is 0.0138. The highest BCUT2D eigenvalue weighted by molar-refractivity contribution is 5.78. The maximum Gasteiger partial charge on any atom is 0.273 e. The molecule has 2 unspecified atom stereocenters. The predicted octanol–water partition coefficient (Wildman–Crippen LogP) is 3.24.